The van der Waals surface area contributed by atoms with E-state index in [1.54, 1.807) is 0 Å². The van der Waals surface area contributed by atoms with Crippen LogP contribution in [0.1, 0.15) is 30.5 Å². The Morgan fingerprint density at radius 1 is 0.689 bits per heavy atom. The van der Waals surface area contributed by atoms with Crippen LogP contribution >= 0.6 is 0 Å². The molecule has 3 heterocycles. The summed E-state index contributed by atoms with van der Waals surface area (Å²) < 4.78 is 0. The lowest BCUT2D eigenvalue weighted by molar-refractivity contribution is 0.632. The van der Waals surface area contributed by atoms with Crippen molar-refractivity contribution in [3.05, 3.63) is 149 Å². The number of nitrogens with one attached hydrogen (secondary N) is 1. The Hall–Kier alpha value is -5.53. The van der Waals surface area contributed by atoms with Gasteiger partial charge in [0.1, 0.15) is 0 Å². The van der Waals surface area contributed by atoms with Crippen LogP contribution in [0.4, 0.5) is 34.1 Å². The zero-order valence-corrected chi connectivity index (χ0v) is 25.5. The van der Waals surface area contributed by atoms with Crippen molar-refractivity contribution in [3.8, 4) is 22.3 Å². The van der Waals surface area contributed by atoms with Gasteiger partial charge in [-0.3, -0.25) is 0 Å². The van der Waals surface area contributed by atoms with E-state index in [9.17, 15) is 0 Å². The standard InChI is InChI=1S/C41H30BN3/c1-25-12-5-6-15-29(25)30-16-10-19-33-39(30)44-35-23-27(26-13-9-14-28(22-26)43-4)24-37-38(35)42(33)34-20-11-18-32-40(34)45(37)36-21-8-7-17-31(36)41(32,2)3/h5-24,44H,1-3H3. The van der Waals surface area contributed by atoms with Gasteiger partial charge in [0, 0.05) is 33.7 Å². The van der Waals surface area contributed by atoms with Gasteiger partial charge < -0.3 is 10.2 Å². The molecule has 0 radical (unpaired) electrons. The molecule has 0 saturated heterocycles. The maximum absolute atomic E-state index is 7.67. The van der Waals surface area contributed by atoms with Gasteiger partial charge in [-0.2, -0.15) is 0 Å². The van der Waals surface area contributed by atoms with Gasteiger partial charge in [0.25, 0.3) is 6.71 Å². The van der Waals surface area contributed by atoms with Crippen LogP contribution in [0.15, 0.2) is 121 Å². The molecule has 3 aliphatic heterocycles. The van der Waals surface area contributed by atoms with E-state index in [-0.39, 0.29) is 12.1 Å². The number of aryl methyl sites for hydroxylation is 1. The summed E-state index contributed by atoms with van der Waals surface area (Å²) in [6.45, 7) is 14.7. The second-order valence-electron chi connectivity index (χ2n) is 13.0. The van der Waals surface area contributed by atoms with Crippen molar-refractivity contribution in [2.75, 3.05) is 10.2 Å². The molecule has 0 atom stereocenters. The Bertz CT molecular complexity index is 2270. The second kappa shape index (κ2) is 9.24. The molecule has 6 aromatic rings. The molecule has 0 amide bonds. The lowest BCUT2D eigenvalue weighted by Gasteiger charge is -2.48. The van der Waals surface area contributed by atoms with Crippen molar-refractivity contribution >= 4 is 57.2 Å². The molecule has 3 nitrogen and oxygen atoms in total. The average molecular weight is 576 g/mol. The SMILES string of the molecule is [C-]#[N+]c1cccc(-c2cc3c4c(c2)N2c5ccccc5C(C)(C)c5cccc(c52)B4c2cccc(-c4ccccc4C)c2N3)c1. The van der Waals surface area contributed by atoms with Crippen LogP contribution in [0.5, 0.6) is 0 Å². The fourth-order valence-electron chi connectivity index (χ4n) is 8.08. The van der Waals surface area contributed by atoms with Crippen LogP contribution < -0.4 is 26.6 Å². The van der Waals surface area contributed by atoms with E-state index in [0.717, 1.165) is 16.8 Å². The number of hydrogen-bond acceptors (Lipinski definition) is 2. The molecular weight excluding hydrogens is 545 g/mol. The molecule has 0 aromatic heterocycles. The van der Waals surface area contributed by atoms with Crippen LogP contribution in [0.2, 0.25) is 0 Å². The summed E-state index contributed by atoms with van der Waals surface area (Å²) in [4.78, 5) is 6.26. The normalized spacial score (nSPS) is 14.4. The van der Waals surface area contributed by atoms with E-state index in [1.807, 2.05) is 18.2 Å². The fraction of sp³-hybridized carbons (Fsp3) is 0.0976. The maximum atomic E-state index is 7.67. The highest BCUT2D eigenvalue weighted by atomic mass is 15.2. The molecule has 4 heteroatoms. The molecule has 0 saturated carbocycles. The van der Waals surface area contributed by atoms with Crippen molar-refractivity contribution in [2.45, 2.75) is 26.2 Å². The number of rotatable bonds is 2. The molecule has 0 fully saturated rings. The highest BCUT2D eigenvalue weighted by Gasteiger charge is 2.47. The van der Waals surface area contributed by atoms with E-state index in [0.29, 0.717) is 5.69 Å². The number of para-hydroxylation sites is 3. The zero-order valence-electron chi connectivity index (χ0n) is 25.5. The molecule has 0 aliphatic carbocycles. The minimum atomic E-state index is -0.154. The Kier molecular flexibility index (Phi) is 5.32. The summed E-state index contributed by atoms with van der Waals surface area (Å²) in [5.41, 5.74) is 19.0. The first kappa shape index (κ1) is 25.9. The molecule has 0 bridgehead atoms. The number of anilines is 5. The van der Waals surface area contributed by atoms with Gasteiger partial charge in [0.05, 0.1) is 12.3 Å². The summed E-state index contributed by atoms with van der Waals surface area (Å²) in [7, 11) is 0. The van der Waals surface area contributed by atoms with Crippen LogP contribution in [-0.4, -0.2) is 6.71 Å². The number of nitrogens with zero attached hydrogens (tertiary/aromatic N) is 2. The highest BCUT2D eigenvalue weighted by Crippen LogP contribution is 2.53. The van der Waals surface area contributed by atoms with Gasteiger partial charge in [-0.25, -0.2) is 4.85 Å². The summed E-state index contributed by atoms with van der Waals surface area (Å²) >= 11 is 0. The van der Waals surface area contributed by atoms with Gasteiger partial charge in [-0.1, -0.05) is 111 Å². The fourth-order valence-corrected chi connectivity index (χ4v) is 8.08. The van der Waals surface area contributed by atoms with Gasteiger partial charge in [0.15, 0.2) is 5.69 Å². The van der Waals surface area contributed by atoms with Crippen molar-refractivity contribution < 1.29 is 0 Å². The largest absolute Gasteiger partial charge is 0.356 e. The smallest absolute Gasteiger partial charge is 0.252 e. The number of benzene rings is 6. The third-order valence-electron chi connectivity index (χ3n) is 10.2. The topological polar surface area (TPSA) is 19.6 Å². The van der Waals surface area contributed by atoms with E-state index in [1.165, 1.54) is 67.0 Å². The van der Waals surface area contributed by atoms with Crippen LogP contribution in [0.3, 0.4) is 0 Å². The van der Waals surface area contributed by atoms with Crippen molar-refractivity contribution in [3.63, 3.8) is 0 Å². The number of hydrogen-bond donors (Lipinski definition) is 1. The third-order valence-corrected chi connectivity index (χ3v) is 10.2. The minimum absolute atomic E-state index is 0.0751. The van der Waals surface area contributed by atoms with Crippen molar-refractivity contribution in [1.29, 1.82) is 0 Å². The van der Waals surface area contributed by atoms with Gasteiger partial charge in [-0.05, 0) is 81.0 Å². The summed E-state index contributed by atoms with van der Waals surface area (Å²) in [5.74, 6) is 0. The zero-order chi connectivity index (χ0) is 30.4. The van der Waals surface area contributed by atoms with Crippen LogP contribution in [0, 0.1) is 13.5 Å². The Labute approximate surface area is 264 Å². The predicted octanol–water partition coefficient (Wildman–Crippen LogP) is 8.88. The molecule has 1 N–H and O–H groups in total. The highest BCUT2D eigenvalue weighted by molar-refractivity contribution is 7.00. The van der Waals surface area contributed by atoms with E-state index < -0.39 is 0 Å². The molecule has 212 valence electrons. The Morgan fingerprint density at radius 2 is 1.42 bits per heavy atom. The monoisotopic (exact) mass is 575 g/mol. The lowest BCUT2D eigenvalue weighted by atomic mass is 9.33. The van der Waals surface area contributed by atoms with Gasteiger partial charge in [-0.15, -0.1) is 0 Å². The molecule has 6 aromatic carbocycles. The first-order valence-corrected chi connectivity index (χ1v) is 15.6. The van der Waals surface area contributed by atoms with E-state index in [2.05, 4.69) is 139 Å². The lowest BCUT2D eigenvalue weighted by Crippen LogP contribution is -2.61. The minimum Gasteiger partial charge on any atom is -0.356 e. The quantitative estimate of drug-likeness (QED) is 0.164. The Morgan fingerprint density at radius 3 is 2.29 bits per heavy atom. The first-order chi connectivity index (χ1) is 22.0. The Balaban J connectivity index is 1.40. The van der Waals surface area contributed by atoms with Crippen molar-refractivity contribution in [1.82, 2.24) is 0 Å². The molecule has 0 unspecified atom stereocenters. The summed E-state index contributed by atoms with van der Waals surface area (Å²) in [6.07, 6.45) is 0. The third kappa shape index (κ3) is 3.53. The van der Waals surface area contributed by atoms with Gasteiger partial charge in [0.2, 0.25) is 0 Å². The molecule has 9 rings (SSSR count). The van der Waals surface area contributed by atoms with Crippen LogP contribution in [-0.2, 0) is 5.41 Å². The second-order valence-corrected chi connectivity index (χ2v) is 13.0. The molecule has 45 heavy (non-hydrogen) atoms. The van der Waals surface area contributed by atoms with Crippen LogP contribution in [0.25, 0.3) is 27.1 Å². The molecule has 0 spiro atoms. The summed E-state index contributed by atoms with van der Waals surface area (Å²) in [6, 6.07) is 43.9. The summed E-state index contributed by atoms with van der Waals surface area (Å²) in [5, 5.41) is 3.97. The average Bonchev–Trinajstić information content (AvgIpc) is 3.07. The van der Waals surface area contributed by atoms with Gasteiger partial charge >= 0.3 is 0 Å². The first-order valence-electron chi connectivity index (χ1n) is 15.6. The van der Waals surface area contributed by atoms with E-state index >= 15 is 0 Å². The predicted molar refractivity (Wildman–Crippen MR) is 190 cm³/mol. The molecule has 3 aliphatic rings. The number of fused-ring (bicyclic) bond motifs is 6. The maximum Gasteiger partial charge on any atom is 0.252 e. The van der Waals surface area contributed by atoms with Crippen molar-refractivity contribution in [2.24, 2.45) is 0 Å². The van der Waals surface area contributed by atoms with E-state index in [4.69, 9.17) is 6.57 Å². The molecular formula is C41H30BN3.